The van der Waals surface area contributed by atoms with Gasteiger partial charge in [0.1, 0.15) is 16.9 Å². The van der Waals surface area contributed by atoms with Gasteiger partial charge in [0.15, 0.2) is 5.82 Å². The molecule has 3 aromatic rings. The SMILES string of the molecule is CC.Cc1nnc2n1-c1sc(C#CCCO)c(Cc3ccccc3)c1CO[C@H]2C. The summed E-state index contributed by atoms with van der Waals surface area (Å²) in [5, 5.41) is 18.7. The summed E-state index contributed by atoms with van der Waals surface area (Å²) < 4.78 is 8.18. The van der Waals surface area contributed by atoms with Crippen LogP contribution in [-0.2, 0) is 17.8 Å². The Morgan fingerprint density at radius 1 is 1.24 bits per heavy atom. The second kappa shape index (κ2) is 9.84. The van der Waals surface area contributed by atoms with Gasteiger partial charge in [-0.1, -0.05) is 56.0 Å². The van der Waals surface area contributed by atoms with Gasteiger partial charge in [0.05, 0.1) is 18.1 Å². The smallest absolute Gasteiger partial charge is 0.167 e. The molecule has 0 spiro atoms. The zero-order valence-corrected chi connectivity index (χ0v) is 18.2. The van der Waals surface area contributed by atoms with Gasteiger partial charge in [0.25, 0.3) is 0 Å². The molecule has 0 saturated heterocycles. The van der Waals surface area contributed by atoms with Crippen LogP contribution in [0, 0.1) is 18.8 Å². The van der Waals surface area contributed by atoms with E-state index in [-0.39, 0.29) is 12.7 Å². The summed E-state index contributed by atoms with van der Waals surface area (Å²) in [6, 6.07) is 10.4. The Kier molecular flexibility index (Phi) is 7.21. The summed E-state index contributed by atoms with van der Waals surface area (Å²) in [6.45, 7) is 8.57. The Morgan fingerprint density at radius 2 is 2.00 bits per heavy atom. The predicted octanol–water partition coefficient (Wildman–Crippen LogP) is 4.58. The van der Waals surface area contributed by atoms with Crippen LogP contribution >= 0.6 is 11.3 Å². The molecule has 0 amide bonds. The lowest BCUT2D eigenvalue weighted by molar-refractivity contribution is 0.0493. The fraction of sp³-hybridized carbons (Fsp3) is 0.391. The number of thiophene rings is 1. The Hall–Kier alpha value is -2.46. The third-order valence-corrected chi connectivity index (χ3v) is 5.83. The van der Waals surface area contributed by atoms with Crippen molar-refractivity contribution in [2.75, 3.05) is 6.61 Å². The van der Waals surface area contributed by atoms with Crippen molar-refractivity contribution in [3.63, 3.8) is 0 Å². The minimum absolute atomic E-state index is 0.0709. The lowest BCUT2D eigenvalue weighted by Gasteiger charge is -2.09. The van der Waals surface area contributed by atoms with Gasteiger partial charge in [0.2, 0.25) is 0 Å². The molecule has 0 bridgehead atoms. The van der Waals surface area contributed by atoms with Gasteiger partial charge in [-0.15, -0.1) is 21.5 Å². The molecule has 1 N–H and O–H groups in total. The highest BCUT2D eigenvalue weighted by molar-refractivity contribution is 7.15. The lowest BCUT2D eigenvalue weighted by atomic mass is 10.0. The first-order chi connectivity index (χ1) is 14.2. The molecule has 1 atom stereocenters. The number of hydrogen-bond donors (Lipinski definition) is 1. The summed E-state index contributed by atoms with van der Waals surface area (Å²) in [4.78, 5) is 1.02. The van der Waals surface area contributed by atoms with E-state index in [2.05, 4.69) is 50.9 Å². The van der Waals surface area contributed by atoms with E-state index >= 15 is 0 Å². The van der Waals surface area contributed by atoms with Crippen LogP contribution in [0.3, 0.4) is 0 Å². The van der Waals surface area contributed by atoms with Crippen molar-refractivity contribution in [1.82, 2.24) is 14.8 Å². The highest BCUT2D eigenvalue weighted by atomic mass is 32.1. The first kappa shape index (κ1) is 21.3. The molecule has 2 aromatic heterocycles. The van der Waals surface area contributed by atoms with Gasteiger partial charge in [-0.05, 0) is 31.4 Å². The van der Waals surface area contributed by atoms with E-state index in [1.54, 1.807) is 11.3 Å². The van der Waals surface area contributed by atoms with Crippen LogP contribution in [0.1, 0.15) is 66.5 Å². The van der Waals surface area contributed by atoms with Crippen LogP contribution in [-0.4, -0.2) is 26.5 Å². The van der Waals surface area contributed by atoms with Crippen LogP contribution in [0.2, 0.25) is 0 Å². The Labute approximate surface area is 176 Å². The van der Waals surface area contributed by atoms with Gasteiger partial charge in [-0.3, -0.25) is 4.57 Å². The summed E-state index contributed by atoms with van der Waals surface area (Å²) in [5.41, 5.74) is 3.59. The Balaban J connectivity index is 0.00000117. The number of benzene rings is 1. The summed E-state index contributed by atoms with van der Waals surface area (Å²) in [6.07, 6.45) is 1.15. The maximum atomic E-state index is 9.08. The second-order valence-electron chi connectivity index (χ2n) is 6.53. The van der Waals surface area contributed by atoms with Crippen molar-refractivity contribution in [2.24, 2.45) is 0 Å². The van der Waals surface area contributed by atoms with Crippen molar-refractivity contribution < 1.29 is 9.84 Å². The largest absolute Gasteiger partial charge is 0.395 e. The molecule has 1 aromatic carbocycles. The molecule has 29 heavy (non-hydrogen) atoms. The number of aromatic nitrogens is 3. The van der Waals surface area contributed by atoms with E-state index in [1.165, 1.54) is 11.1 Å². The number of rotatable bonds is 3. The standard InChI is InChI=1S/C21H21N3O2S.C2H6/c1-14-20-23-22-15(2)24(20)21-18(13-26-14)17(12-16-8-4-3-5-9-16)19(27-21)10-6-7-11-25;1-2/h3-5,8-9,14,25H,7,11-13H2,1-2H3;1-2H3/t14-;/m0./s1. The number of aryl methyl sites for hydroxylation is 1. The number of ether oxygens (including phenoxy) is 1. The molecular formula is C23H27N3O2S. The van der Waals surface area contributed by atoms with E-state index in [0.29, 0.717) is 13.0 Å². The maximum Gasteiger partial charge on any atom is 0.167 e. The van der Waals surface area contributed by atoms with E-state index in [9.17, 15) is 0 Å². The molecule has 0 radical (unpaired) electrons. The van der Waals surface area contributed by atoms with Gasteiger partial charge in [-0.25, -0.2) is 0 Å². The predicted molar refractivity (Wildman–Crippen MR) is 116 cm³/mol. The van der Waals surface area contributed by atoms with Gasteiger partial charge in [0, 0.05) is 12.0 Å². The quantitative estimate of drug-likeness (QED) is 0.643. The number of aliphatic hydroxyl groups excluding tert-OH is 1. The summed E-state index contributed by atoms with van der Waals surface area (Å²) in [5.74, 6) is 8.02. The molecule has 4 rings (SSSR count). The molecule has 5 nitrogen and oxygen atoms in total. The monoisotopic (exact) mass is 409 g/mol. The van der Waals surface area contributed by atoms with Crippen molar-refractivity contribution in [3.8, 4) is 16.8 Å². The fourth-order valence-electron chi connectivity index (χ4n) is 3.28. The number of fused-ring (bicyclic) bond motifs is 3. The van der Waals surface area contributed by atoms with Crippen molar-refractivity contribution >= 4 is 11.3 Å². The topological polar surface area (TPSA) is 60.2 Å². The second-order valence-corrected chi connectivity index (χ2v) is 7.52. The lowest BCUT2D eigenvalue weighted by Crippen LogP contribution is -2.04. The van der Waals surface area contributed by atoms with Gasteiger partial charge >= 0.3 is 0 Å². The molecule has 6 heteroatoms. The van der Waals surface area contributed by atoms with Gasteiger partial charge in [-0.2, -0.15) is 0 Å². The zero-order valence-electron chi connectivity index (χ0n) is 17.4. The fourth-order valence-corrected chi connectivity index (χ4v) is 4.54. The first-order valence-electron chi connectivity index (χ1n) is 10.0. The molecule has 1 aliphatic rings. The number of aliphatic hydroxyl groups is 1. The highest BCUT2D eigenvalue weighted by Crippen LogP contribution is 2.39. The molecule has 0 aliphatic carbocycles. The van der Waals surface area contributed by atoms with Crippen molar-refractivity contribution in [1.29, 1.82) is 0 Å². The average Bonchev–Trinajstić information content (AvgIpc) is 3.25. The minimum atomic E-state index is -0.112. The Bertz CT molecular complexity index is 1010. The van der Waals surface area contributed by atoms with E-state index in [1.807, 2.05) is 33.8 Å². The molecule has 3 heterocycles. The third kappa shape index (κ3) is 4.43. The minimum Gasteiger partial charge on any atom is -0.395 e. The zero-order chi connectivity index (χ0) is 20.8. The highest BCUT2D eigenvalue weighted by Gasteiger charge is 2.28. The molecule has 152 valence electrons. The maximum absolute atomic E-state index is 9.08. The summed E-state index contributed by atoms with van der Waals surface area (Å²) in [7, 11) is 0. The van der Waals surface area contributed by atoms with E-state index in [0.717, 1.165) is 33.5 Å². The van der Waals surface area contributed by atoms with Crippen molar-refractivity contribution in [2.45, 2.75) is 53.2 Å². The first-order valence-corrected chi connectivity index (χ1v) is 10.8. The number of nitrogens with zero attached hydrogens (tertiary/aromatic N) is 3. The van der Waals surface area contributed by atoms with Crippen LogP contribution in [0.25, 0.3) is 5.00 Å². The third-order valence-electron chi connectivity index (χ3n) is 4.65. The molecule has 0 unspecified atom stereocenters. The Morgan fingerprint density at radius 3 is 2.72 bits per heavy atom. The molecular weight excluding hydrogens is 382 g/mol. The van der Waals surface area contributed by atoms with Crippen LogP contribution < -0.4 is 0 Å². The number of hydrogen-bond acceptors (Lipinski definition) is 5. The van der Waals surface area contributed by atoms with Gasteiger partial charge < -0.3 is 9.84 Å². The van der Waals surface area contributed by atoms with Crippen LogP contribution in [0.5, 0.6) is 0 Å². The van der Waals surface area contributed by atoms with Crippen LogP contribution in [0.15, 0.2) is 30.3 Å². The van der Waals surface area contributed by atoms with E-state index < -0.39 is 0 Å². The van der Waals surface area contributed by atoms with Crippen molar-refractivity contribution in [3.05, 3.63) is 63.5 Å². The summed E-state index contributed by atoms with van der Waals surface area (Å²) >= 11 is 1.66. The normalized spacial score (nSPS) is 14.6. The van der Waals surface area contributed by atoms with E-state index in [4.69, 9.17) is 9.84 Å². The molecule has 1 aliphatic heterocycles. The molecule has 0 fully saturated rings. The molecule has 0 saturated carbocycles. The average molecular weight is 410 g/mol. The van der Waals surface area contributed by atoms with Crippen LogP contribution in [0.4, 0.5) is 0 Å².